The van der Waals surface area contributed by atoms with Gasteiger partial charge in [-0.3, -0.25) is 9.89 Å². The summed E-state index contributed by atoms with van der Waals surface area (Å²) in [4.78, 5) is 11.6. The van der Waals surface area contributed by atoms with Crippen LogP contribution in [-0.2, 0) is 6.54 Å². The second-order valence-corrected chi connectivity index (χ2v) is 8.23. The van der Waals surface area contributed by atoms with Gasteiger partial charge in [0.25, 0.3) is 0 Å². The Morgan fingerprint density at radius 2 is 1.97 bits per heavy atom. The molecule has 178 valence electrons. The molecular weight excluding hydrogens is 527 g/mol. The quantitative estimate of drug-likeness (QED) is 0.291. The summed E-state index contributed by atoms with van der Waals surface area (Å²) < 4.78 is 32.4. The van der Waals surface area contributed by atoms with E-state index in [0.717, 1.165) is 69.0 Å². The minimum Gasteiger partial charge on any atom is -0.444 e. The molecule has 1 unspecified atom stereocenters. The summed E-state index contributed by atoms with van der Waals surface area (Å²) >= 11 is 0. The Morgan fingerprint density at radius 3 is 2.56 bits per heavy atom. The van der Waals surface area contributed by atoms with Crippen LogP contribution in [0, 0.1) is 31.4 Å². The lowest BCUT2D eigenvalue weighted by molar-refractivity contribution is 0.166. The minimum atomic E-state index is -0.838. The molecule has 1 atom stereocenters. The van der Waals surface area contributed by atoms with Crippen molar-refractivity contribution in [1.82, 2.24) is 20.5 Å². The first kappa shape index (κ1) is 26.5. The zero-order valence-corrected chi connectivity index (χ0v) is 21.6. The summed E-state index contributed by atoms with van der Waals surface area (Å²) in [6.45, 7) is 12.0. The molecule has 32 heavy (non-hydrogen) atoms. The third kappa shape index (κ3) is 7.40. The van der Waals surface area contributed by atoms with E-state index in [0.29, 0.717) is 17.4 Å². The third-order valence-electron chi connectivity index (χ3n) is 5.79. The van der Waals surface area contributed by atoms with Gasteiger partial charge in [-0.2, -0.15) is 0 Å². The third-order valence-corrected chi connectivity index (χ3v) is 5.79. The fraction of sp³-hybridized carbons (Fsp3) is 0.565. The number of aryl methyl sites for hydroxylation is 2. The van der Waals surface area contributed by atoms with Crippen molar-refractivity contribution in [2.24, 2.45) is 10.9 Å². The summed E-state index contributed by atoms with van der Waals surface area (Å²) in [7, 11) is 0. The lowest BCUT2D eigenvalue weighted by Gasteiger charge is -2.30. The van der Waals surface area contributed by atoms with E-state index in [-0.39, 0.29) is 30.0 Å². The summed E-state index contributed by atoms with van der Waals surface area (Å²) in [5, 5.41) is 6.53. The normalized spacial score (nSPS) is 16.5. The number of nitrogens with one attached hydrogen (secondary N) is 2. The van der Waals surface area contributed by atoms with Gasteiger partial charge in [0.15, 0.2) is 17.6 Å². The number of oxazole rings is 1. The highest BCUT2D eigenvalue weighted by molar-refractivity contribution is 14.0. The van der Waals surface area contributed by atoms with Crippen molar-refractivity contribution in [2.75, 3.05) is 26.2 Å². The Hall–Kier alpha value is -1.75. The van der Waals surface area contributed by atoms with Gasteiger partial charge in [-0.05, 0) is 77.2 Å². The Kier molecular flexibility index (Phi) is 10.3. The predicted octanol–water partition coefficient (Wildman–Crippen LogP) is 4.72. The average Bonchev–Trinajstić information content (AvgIpc) is 3.06. The van der Waals surface area contributed by atoms with Gasteiger partial charge in [-0.15, -0.1) is 24.0 Å². The molecule has 0 amide bonds. The molecule has 2 aromatic rings. The largest absolute Gasteiger partial charge is 0.444 e. The van der Waals surface area contributed by atoms with Gasteiger partial charge in [-0.25, -0.2) is 13.8 Å². The van der Waals surface area contributed by atoms with Crippen LogP contribution in [0.2, 0.25) is 0 Å². The van der Waals surface area contributed by atoms with E-state index >= 15 is 0 Å². The molecule has 1 fully saturated rings. The minimum absolute atomic E-state index is 0. The molecule has 1 aromatic heterocycles. The molecule has 0 radical (unpaired) electrons. The van der Waals surface area contributed by atoms with Crippen molar-refractivity contribution in [1.29, 1.82) is 0 Å². The van der Waals surface area contributed by atoms with Crippen LogP contribution in [0.25, 0.3) is 0 Å². The van der Waals surface area contributed by atoms with Gasteiger partial charge in [-0.1, -0.05) is 6.07 Å². The number of aromatic nitrogens is 1. The van der Waals surface area contributed by atoms with Gasteiger partial charge >= 0.3 is 0 Å². The molecule has 0 aliphatic carbocycles. The zero-order valence-electron chi connectivity index (χ0n) is 19.3. The molecule has 1 aliphatic heterocycles. The summed E-state index contributed by atoms with van der Waals surface area (Å²) in [5.74, 6) is 1.20. The van der Waals surface area contributed by atoms with Crippen molar-refractivity contribution < 1.29 is 13.2 Å². The van der Waals surface area contributed by atoms with E-state index in [9.17, 15) is 8.78 Å². The highest BCUT2D eigenvalue weighted by Gasteiger charge is 2.21. The maximum atomic E-state index is 13.5. The van der Waals surface area contributed by atoms with Crippen LogP contribution >= 0.6 is 24.0 Å². The van der Waals surface area contributed by atoms with E-state index < -0.39 is 11.6 Å². The van der Waals surface area contributed by atoms with Crippen LogP contribution in [0.1, 0.15) is 55.6 Å². The summed E-state index contributed by atoms with van der Waals surface area (Å²) in [6, 6.07) is 3.78. The van der Waals surface area contributed by atoms with Gasteiger partial charge in [0.05, 0.1) is 18.3 Å². The molecule has 0 spiro atoms. The first-order valence-corrected chi connectivity index (χ1v) is 11.0. The number of rotatable bonds is 7. The van der Waals surface area contributed by atoms with E-state index in [1.54, 1.807) is 6.07 Å². The van der Waals surface area contributed by atoms with Crippen LogP contribution < -0.4 is 10.6 Å². The summed E-state index contributed by atoms with van der Waals surface area (Å²) in [5.41, 5.74) is 1.63. The van der Waals surface area contributed by atoms with Crippen molar-refractivity contribution in [3.05, 3.63) is 52.7 Å². The van der Waals surface area contributed by atoms with Crippen LogP contribution in [0.5, 0.6) is 0 Å². The second-order valence-electron chi connectivity index (χ2n) is 8.23. The second kappa shape index (κ2) is 12.5. The Morgan fingerprint density at radius 1 is 1.25 bits per heavy atom. The number of halogens is 3. The van der Waals surface area contributed by atoms with Crippen molar-refractivity contribution in [2.45, 2.75) is 53.1 Å². The van der Waals surface area contributed by atoms with Crippen molar-refractivity contribution in [3.63, 3.8) is 0 Å². The maximum absolute atomic E-state index is 13.5. The van der Waals surface area contributed by atoms with E-state index in [2.05, 4.69) is 20.5 Å². The molecule has 6 nitrogen and oxygen atoms in total. The molecule has 2 heterocycles. The molecular formula is C23H34F2IN5O. The Bertz CT molecular complexity index is 877. The number of aliphatic imine (C=N–C) groups is 1. The van der Waals surface area contributed by atoms with E-state index in [4.69, 9.17) is 9.41 Å². The van der Waals surface area contributed by atoms with Crippen LogP contribution in [0.15, 0.2) is 27.6 Å². The standard InChI is InChI=1S/C23H33F2N5O.HI/c1-5-26-23(29-16(3)19-6-7-20(24)21(25)12-19)27-13-18-8-10-30(11-9-18)14-22-28-15(2)17(4)31-22;/h6-7,12,16,18H,5,8-11,13-14H2,1-4H3,(H2,26,27,29);1H. The SMILES string of the molecule is CCNC(=NCC1CCN(Cc2nc(C)c(C)o2)CC1)NC(C)c1ccc(F)c(F)c1.I. The molecule has 1 aromatic carbocycles. The molecule has 1 saturated heterocycles. The topological polar surface area (TPSA) is 65.7 Å². The fourth-order valence-electron chi connectivity index (χ4n) is 3.74. The molecule has 3 rings (SSSR count). The van der Waals surface area contributed by atoms with Crippen LogP contribution in [-0.4, -0.2) is 42.0 Å². The lowest BCUT2D eigenvalue weighted by Crippen LogP contribution is -2.39. The maximum Gasteiger partial charge on any atom is 0.208 e. The number of nitrogens with zero attached hydrogens (tertiary/aromatic N) is 3. The van der Waals surface area contributed by atoms with Gasteiger partial charge in [0, 0.05) is 13.1 Å². The number of piperidine rings is 1. The zero-order chi connectivity index (χ0) is 22.4. The monoisotopic (exact) mass is 561 g/mol. The highest BCUT2D eigenvalue weighted by atomic mass is 127. The molecule has 1 aliphatic rings. The van der Waals surface area contributed by atoms with Gasteiger partial charge < -0.3 is 15.1 Å². The number of benzene rings is 1. The van der Waals surface area contributed by atoms with Crippen molar-refractivity contribution in [3.8, 4) is 0 Å². The molecule has 0 bridgehead atoms. The Labute approximate surface area is 206 Å². The van der Waals surface area contributed by atoms with Crippen LogP contribution in [0.4, 0.5) is 8.78 Å². The van der Waals surface area contributed by atoms with Gasteiger partial charge in [0.1, 0.15) is 5.76 Å². The number of likely N-dealkylation sites (tertiary alicyclic amines) is 1. The highest BCUT2D eigenvalue weighted by Crippen LogP contribution is 2.20. The molecule has 9 heteroatoms. The predicted molar refractivity (Wildman–Crippen MR) is 133 cm³/mol. The van der Waals surface area contributed by atoms with Crippen molar-refractivity contribution >= 4 is 29.9 Å². The first-order valence-electron chi connectivity index (χ1n) is 11.0. The summed E-state index contributed by atoms with van der Waals surface area (Å²) in [6.07, 6.45) is 2.14. The average molecular weight is 561 g/mol. The molecule has 0 saturated carbocycles. The number of hydrogen-bond donors (Lipinski definition) is 2. The Balaban J connectivity index is 0.00000363. The lowest BCUT2D eigenvalue weighted by atomic mass is 9.97. The first-order chi connectivity index (χ1) is 14.9. The fourth-order valence-corrected chi connectivity index (χ4v) is 3.74. The van der Waals surface area contributed by atoms with Crippen LogP contribution in [0.3, 0.4) is 0 Å². The number of hydrogen-bond acceptors (Lipinski definition) is 4. The molecule has 2 N–H and O–H groups in total. The van der Waals surface area contributed by atoms with E-state index in [1.807, 2.05) is 27.7 Å². The van der Waals surface area contributed by atoms with E-state index in [1.165, 1.54) is 6.07 Å². The number of guanidine groups is 1. The van der Waals surface area contributed by atoms with Gasteiger partial charge in [0.2, 0.25) is 5.89 Å². The smallest absolute Gasteiger partial charge is 0.208 e.